The third kappa shape index (κ3) is 3.20. The third-order valence-electron chi connectivity index (χ3n) is 11.2. The molecule has 0 heterocycles. The van der Waals surface area contributed by atoms with Gasteiger partial charge in [-0.1, -0.05) is 57.4 Å². The molecule has 4 rings (SSSR count). The van der Waals surface area contributed by atoms with E-state index in [4.69, 9.17) is 0 Å². The Hall–Kier alpha value is -0.560. The Balaban J connectivity index is 1.63. The maximum absolute atomic E-state index is 10.5. The van der Waals surface area contributed by atoms with E-state index in [2.05, 4.69) is 54.5 Å². The van der Waals surface area contributed by atoms with E-state index in [1.54, 1.807) is 0 Å². The highest BCUT2D eigenvalue weighted by atomic mass is 16.3. The van der Waals surface area contributed by atoms with Gasteiger partial charge in [0.1, 0.15) is 0 Å². The van der Waals surface area contributed by atoms with Gasteiger partial charge >= 0.3 is 0 Å². The first-order valence-corrected chi connectivity index (χ1v) is 13.1. The fraction of sp³-hybridized carbons (Fsp3) is 0.862. The molecule has 0 aromatic rings. The number of hydrogen-bond acceptors (Lipinski definition) is 1. The van der Waals surface area contributed by atoms with Crippen molar-refractivity contribution in [3.63, 3.8) is 0 Å². The van der Waals surface area contributed by atoms with Crippen molar-refractivity contribution >= 4 is 0 Å². The zero-order valence-electron chi connectivity index (χ0n) is 21.0. The predicted molar refractivity (Wildman–Crippen MR) is 128 cm³/mol. The Morgan fingerprint density at radius 2 is 1.77 bits per heavy atom. The van der Waals surface area contributed by atoms with Crippen LogP contribution in [0.1, 0.15) is 113 Å². The predicted octanol–water partition coefficient (Wildman–Crippen LogP) is 8.09. The molecule has 0 amide bonds. The molecule has 1 heteroatoms. The Labute approximate surface area is 186 Å². The Morgan fingerprint density at radius 3 is 2.47 bits per heavy atom. The van der Waals surface area contributed by atoms with E-state index >= 15 is 0 Å². The standard InChI is InChI=1S/C29H48O/c1-19(2)9-8-10-20(3)22-13-17-29(7)25-12-11-23-21(4)26(30)15-16-27(23,5)24(25)14-18-28(22,29)6/h9,20-23,26,30H,8,10-18H2,1-7H3/t20-,21-,22+,23+,26-,27-,28+,29+/m0/s1. The molecule has 8 atom stereocenters. The van der Waals surface area contributed by atoms with Gasteiger partial charge in [-0.2, -0.15) is 0 Å². The summed E-state index contributed by atoms with van der Waals surface area (Å²) >= 11 is 0. The van der Waals surface area contributed by atoms with Crippen molar-refractivity contribution in [3.8, 4) is 0 Å². The molecular weight excluding hydrogens is 364 g/mol. The molecule has 0 saturated heterocycles. The third-order valence-corrected chi connectivity index (χ3v) is 11.2. The van der Waals surface area contributed by atoms with Crippen LogP contribution in [0.5, 0.6) is 0 Å². The summed E-state index contributed by atoms with van der Waals surface area (Å²) in [6.45, 7) is 17.3. The van der Waals surface area contributed by atoms with E-state index in [1.807, 2.05) is 11.1 Å². The minimum Gasteiger partial charge on any atom is -0.393 e. The lowest BCUT2D eigenvalue weighted by molar-refractivity contribution is -0.0412. The lowest BCUT2D eigenvalue weighted by Gasteiger charge is -2.60. The summed E-state index contributed by atoms with van der Waals surface area (Å²) in [7, 11) is 0. The van der Waals surface area contributed by atoms with Crippen molar-refractivity contribution in [1.29, 1.82) is 0 Å². The molecule has 170 valence electrons. The summed E-state index contributed by atoms with van der Waals surface area (Å²) in [4.78, 5) is 0. The zero-order chi connectivity index (χ0) is 21.9. The average Bonchev–Trinajstić information content (AvgIpc) is 2.96. The molecule has 1 N–H and O–H groups in total. The number of aliphatic hydroxyl groups is 1. The lowest BCUT2D eigenvalue weighted by atomic mass is 9.45. The second kappa shape index (κ2) is 7.79. The first-order valence-electron chi connectivity index (χ1n) is 13.1. The lowest BCUT2D eigenvalue weighted by Crippen LogP contribution is -2.51. The van der Waals surface area contributed by atoms with Gasteiger partial charge in [-0.25, -0.2) is 0 Å². The van der Waals surface area contributed by atoms with Crippen LogP contribution in [0.25, 0.3) is 0 Å². The maximum Gasteiger partial charge on any atom is 0.0569 e. The van der Waals surface area contributed by atoms with E-state index in [0.717, 1.165) is 18.3 Å². The van der Waals surface area contributed by atoms with E-state index in [9.17, 15) is 5.11 Å². The molecule has 0 unspecified atom stereocenters. The topological polar surface area (TPSA) is 20.2 Å². The fourth-order valence-electron chi connectivity index (χ4n) is 9.09. The quantitative estimate of drug-likeness (QED) is 0.462. The van der Waals surface area contributed by atoms with Crippen LogP contribution in [0.2, 0.25) is 0 Å². The molecule has 2 fully saturated rings. The monoisotopic (exact) mass is 412 g/mol. The first-order chi connectivity index (χ1) is 14.0. The Bertz CT molecular complexity index is 727. The maximum atomic E-state index is 10.5. The van der Waals surface area contributed by atoms with Crippen LogP contribution < -0.4 is 0 Å². The fourth-order valence-corrected chi connectivity index (χ4v) is 9.09. The number of fused-ring (bicyclic) bond motifs is 4. The molecule has 0 spiro atoms. The largest absolute Gasteiger partial charge is 0.393 e. The van der Waals surface area contributed by atoms with Gasteiger partial charge in [-0.05, 0) is 118 Å². The second-order valence-corrected chi connectivity index (χ2v) is 12.7. The molecule has 0 bridgehead atoms. The minimum absolute atomic E-state index is 0.0767. The van der Waals surface area contributed by atoms with Gasteiger partial charge in [0.15, 0.2) is 0 Å². The van der Waals surface area contributed by atoms with Crippen LogP contribution >= 0.6 is 0 Å². The average molecular weight is 413 g/mol. The summed E-state index contributed by atoms with van der Waals surface area (Å²) in [6, 6.07) is 0. The van der Waals surface area contributed by atoms with Gasteiger partial charge in [0.2, 0.25) is 0 Å². The van der Waals surface area contributed by atoms with Crippen molar-refractivity contribution in [3.05, 3.63) is 22.8 Å². The summed E-state index contributed by atoms with van der Waals surface area (Å²) in [5, 5.41) is 10.5. The van der Waals surface area contributed by atoms with Crippen molar-refractivity contribution in [1.82, 2.24) is 0 Å². The highest BCUT2D eigenvalue weighted by Gasteiger charge is 2.62. The normalized spacial score (nSPS) is 46.7. The van der Waals surface area contributed by atoms with Crippen molar-refractivity contribution in [2.45, 2.75) is 119 Å². The molecule has 0 aliphatic heterocycles. The van der Waals surface area contributed by atoms with Gasteiger partial charge < -0.3 is 5.11 Å². The van der Waals surface area contributed by atoms with Crippen molar-refractivity contribution in [2.75, 3.05) is 0 Å². The Morgan fingerprint density at radius 1 is 1.03 bits per heavy atom. The van der Waals surface area contributed by atoms with Crippen LogP contribution in [0.15, 0.2) is 22.8 Å². The SMILES string of the molecule is CC(C)=CCC[C@H](C)[C@H]1CC[C@]2(C)C3=C(CC[C@]12C)[C@@]1(C)CC[C@H](O)[C@@H](C)[C@H]1CC3. The molecule has 2 saturated carbocycles. The van der Waals surface area contributed by atoms with Crippen molar-refractivity contribution < 1.29 is 5.11 Å². The van der Waals surface area contributed by atoms with Gasteiger partial charge in [0.05, 0.1) is 6.10 Å². The van der Waals surface area contributed by atoms with Crippen LogP contribution in [0.4, 0.5) is 0 Å². The molecule has 0 radical (unpaired) electrons. The Kier molecular flexibility index (Phi) is 5.87. The molecule has 30 heavy (non-hydrogen) atoms. The summed E-state index contributed by atoms with van der Waals surface area (Å²) in [5.74, 6) is 2.85. The minimum atomic E-state index is -0.0767. The summed E-state index contributed by atoms with van der Waals surface area (Å²) in [5.41, 5.74) is 6.44. The molecule has 4 aliphatic carbocycles. The molecule has 0 aromatic carbocycles. The van der Waals surface area contributed by atoms with E-state index in [-0.39, 0.29) is 6.10 Å². The number of rotatable bonds is 4. The number of aliphatic hydroxyl groups excluding tert-OH is 1. The van der Waals surface area contributed by atoms with Crippen LogP contribution in [0.3, 0.4) is 0 Å². The summed E-state index contributed by atoms with van der Waals surface area (Å²) in [6.07, 6.45) is 15.3. The smallest absolute Gasteiger partial charge is 0.0569 e. The van der Waals surface area contributed by atoms with E-state index in [1.165, 1.54) is 63.4 Å². The molecule has 0 aromatic heterocycles. The molecular formula is C29H48O. The number of hydrogen-bond donors (Lipinski definition) is 1. The molecule has 4 aliphatic rings. The zero-order valence-corrected chi connectivity index (χ0v) is 21.0. The second-order valence-electron chi connectivity index (χ2n) is 12.7. The van der Waals surface area contributed by atoms with Gasteiger partial charge in [0, 0.05) is 0 Å². The van der Waals surface area contributed by atoms with Crippen LogP contribution in [-0.4, -0.2) is 11.2 Å². The highest BCUT2D eigenvalue weighted by molar-refractivity contribution is 5.38. The van der Waals surface area contributed by atoms with Gasteiger partial charge in [-0.3, -0.25) is 0 Å². The van der Waals surface area contributed by atoms with E-state index < -0.39 is 0 Å². The van der Waals surface area contributed by atoms with Gasteiger partial charge in [-0.15, -0.1) is 0 Å². The van der Waals surface area contributed by atoms with Crippen molar-refractivity contribution in [2.24, 2.45) is 39.9 Å². The molecule has 1 nitrogen and oxygen atoms in total. The highest BCUT2D eigenvalue weighted by Crippen LogP contribution is 2.71. The summed E-state index contributed by atoms with van der Waals surface area (Å²) < 4.78 is 0. The van der Waals surface area contributed by atoms with Gasteiger partial charge in [0.25, 0.3) is 0 Å². The van der Waals surface area contributed by atoms with Crippen LogP contribution in [0, 0.1) is 39.9 Å². The van der Waals surface area contributed by atoms with Crippen LogP contribution in [-0.2, 0) is 0 Å². The number of allylic oxidation sites excluding steroid dienone is 4. The van der Waals surface area contributed by atoms with E-state index in [0.29, 0.717) is 28.1 Å². The first kappa shape index (κ1) is 22.6.